The SMILES string of the molecule is CCC(C)N(CC(=O)O)C(=O)c1cncc2ccccc12. The number of pyridine rings is 1. The van der Waals surface area contributed by atoms with Crippen LogP contribution in [-0.4, -0.2) is 39.5 Å². The van der Waals surface area contributed by atoms with Gasteiger partial charge < -0.3 is 10.0 Å². The standard InChI is InChI=1S/C16H18N2O3/c1-3-11(2)18(10-15(19)20)16(21)14-9-17-8-12-6-4-5-7-13(12)14/h4-9,11H,3,10H2,1-2H3,(H,19,20). The Morgan fingerprint density at radius 3 is 2.67 bits per heavy atom. The third kappa shape index (κ3) is 3.18. The summed E-state index contributed by atoms with van der Waals surface area (Å²) in [7, 11) is 0. The van der Waals surface area contributed by atoms with Crippen LogP contribution in [-0.2, 0) is 4.79 Å². The van der Waals surface area contributed by atoms with Crippen LogP contribution in [0, 0.1) is 0 Å². The van der Waals surface area contributed by atoms with Gasteiger partial charge in [-0.25, -0.2) is 0 Å². The minimum atomic E-state index is -1.02. The van der Waals surface area contributed by atoms with Crippen molar-refractivity contribution in [1.82, 2.24) is 9.88 Å². The van der Waals surface area contributed by atoms with Gasteiger partial charge in [-0.3, -0.25) is 14.6 Å². The zero-order valence-corrected chi connectivity index (χ0v) is 12.1. The summed E-state index contributed by atoms with van der Waals surface area (Å²) in [4.78, 5) is 29.2. The molecule has 1 aromatic carbocycles. The van der Waals surface area contributed by atoms with E-state index in [0.717, 1.165) is 10.8 Å². The summed E-state index contributed by atoms with van der Waals surface area (Å²) in [5, 5.41) is 10.7. The molecule has 5 heteroatoms. The van der Waals surface area contributed by atoms with Gasteiger partial charge >= 0.3 is 5.97 Å². The maximum atomic E-state index is 12.7. The van der Waals surface area contributed by atoms with Crippen molar-refractivity contribution in [2.24, 2.45) is 0 Å². The Morgan fingerprint density at radius 1 is 1.29 bits per heavy atom. The summed E-state index contributed by atoms with van der Waals surface area (Å²) in [6.45, 7) is 3.46. The molecule has 0 saturated carbocycles. The van der Waals surface area contributed by atoms with Crippen molar-refractivity contribution < 1.29 is 14.7 Å². The summed E-state index contributed by atoms with van der Waals surface area (Å²) < 4.78 is 0. The number of carboxylic acids is 1. The van der Waals surface area contributed by atoms with Crippen molar-refractivity contribution in [3.63, 3.8) is 0 Å². The molecule has 0 spiro atoms. The molecule has 0 fully saturated rings. The minimum Gasteiger partial charge on any atom is -0.480 e. The number of benzene rings is 1. The van der Waals surface area contributed by atoms with Gasteiger partial charge in [0, 0.05) is 23.8 Å². The summed E-state index contributed by atoms with van der Waals surface area (Å²) in [6.07, 6.45) is 3.88. The zero-order chi connectivity index (χ0) is 15.4. The molecule has 1 N–H and O–H groups in total. The second-order valence-electron chi connectivity index (χ2n) is 4.99. The molecule has 1 aromatic heterocycles. The molecule has 110 valence electrons. The molecule has 1 amide bonds. The van der Waals surface area contributed by atoms with Crippen LogP contribution in [0.15, 0.2) is 36.7 Å². The number of carboxylic acid groups (broad SMARTS) is 1. The van der Waals surface area contributed by atoms with Crippen molar-refractivity contribution in [3.05, 3.63) is 42.2 Å². The molecule has 0 aliphatic rings. The fourth-order valence-corrected chi connectivity index (χ4v) is 2.24. The molecule has 2 aromatic rings. The molecule has 21 heavy (non-hydrogen) atoms. The number of aromatic nitrogens is 1. The molecule has 0 aliphatic heterocycles. The molecule has 2 rings (SSSR count). The van der Waals surface area contributed by atoms with Gasteiger partial charge in [-0.1, -0.05) is 31.2 Å². The van der Waals surface area contributed by atoms with Crippen LogP contribution in [0.3, 0.4) is 0 Å². The van der Waals surface area contributed by atoms with Crippen molar-refractivity contribution in [1.29, 1.82) is 0 Å². The Hall–Kier alpha value is -2.43. The van der Waals surface area contributed by atoms with E-state index in [2.05, 4.69) is 4.98 Å². The van der Waals surface area contributed by atoms with E-state index in [1.165, 1.54) is 11.1 Å². The average molecular weight is 286 g/mol. The first-order valence-electron chi connectivity index (χ1n) is 6.90. The minimum absolute atomic E-state index is 0.146. The maximum absolute atomic E-state index is 12.7. The van der Waals surface area contributed by atoms with Gasteiger partial charge in [-0.15, -0.1) is 0 Å². The number of aliphatic carboxylic acids is 1. The highest BCUT2D eigenvalue weighted by Gasteiger charge is 2.24. The van der Waals surface area contributed by atoms with Crippen LogP contribution < -0.4 is 0 Å². The molecule has 0 aliphatic carbocycles. The maximum Gasteiger partial charge on any atom is 0.323 e. The number of nitrogens with zero attached hydrogens (tertiary/aromatic N) is 2. The zero-order valence-electron chi connectivity index (χ0n) is 12.1. The molecule has 0 bridgehead atoms. The van der Waals surface area contributed by atoms with Crippen LogP contribution in [0.2, 0.25) is 0 Å². The number of amides is 1. The van der Waals surface area contributed by atoms with E-state index in [0.29, 0.717) is 12.0 Å². The lowest BCUT2D eigenvalue weighted by Crippen LogP contribution is -2.41. The first-order chi connectivity index (χ1) is 10.0. The highest BCUT2D eigenvalue weighted by Crippen LogP contribution is 2.20. The molecule has 0 saturated heterocycles. The lowest BCUT2D eigenvalue weighted by Gasteiger charge is -2.27. The van der Waals surface area contributed by atoms with Crippen LogP contribution in [0.5, 0.6) is 0 Å². The summed E-state index contributed by atoms with van der Waals surface area (Å²) in [5.41, 5.74) is 0.439. The Bertz CT molecular complexity index is 664. The normalized spacial score (nSPS) is 12.1. The van der Waals surface area contributed by atoms with Crippen molar-refractivity contribution in [2.75, 3.05) is 6.54 Å². The van der Waals surface area contributed by atoms with E-state index >= 15 is 0 Å². The largest absolute Gasteiger partial charge is 0.480 e. The Morgan fingerprint density at radius 2 is 2.00 bits per heavy atom. The van der Waals surface area contributed by atoms with Crippen LogP contribution in [0.4, 0.5) is 0 Å². The number of carbonyl (C=O) groups is 2. The summed E-state index contributed by atoms with van der Waals surface area (Å²) in [6, 6.07) is 7.31. The molecule has 1 unspecified atom stereocenters. The Kier molecular flexibility index (Phi) is 4.52. The first-order valence-corrected chi connectivity index (χ1v) is 6.90. The highest BCUT2D eigenvalue weighted by atomic mass is 16.4. The fraction of sp³-hybridized carbons (Fsp3) is 0.312. The van der Waals surface area contributed by atoms with E-state index in [4.69, 9.17) is 5.11 Å². The smallest absolute Gasteiger partial charge is 0.323 e. The molecule has 1 heterocycles. The van der Waals surface area contributed by atoms with E-state index in [-0.39, 0.29) is 18.5 Å². The molecule has 1 atom stereocenters. The fourth-order valence-electron chi connectivity index (χ4n) is 2.24. The average Bonchev–Trinajstić information content (AvgIpc) is 2.50. The van der Waals surface area contributed by atoms with Crippen LogP contribution in [0.25, 0.3) is 10.8 Å². The first kappa shape index (κ1) is 15.0. The van der Waals surface area contributed by atoms with Gasteiger partial charge in [0.05, 0.1) is 5.56 Å². The Labute approximate surface area is 123 Å². The lowest BCUT2D eigenvalue weighted by atomic mass is 10.1. The summed E-state index contributed by atoms with van der Waals surface area (Å²) in [5.74, 6) is -1.31. The van der Waals surface area contributed by atoms with Gasteiger partial charge in [0.1, 0.15) is 6.54 Å². The Balaban J connectivity index is 2.45. The number of fused-ring (bicyclic) bond motifs is 1. The van der Waals surface area contributed by atoms with E-state index in [1.807, 2.05) is 38.1 Å². The lowest BCUT2D eigenvalue weighted by molar-refractivity contribution is -0.138. The second-order valence-corrected chi connectivity index (χ2v) is 4.99. The molecular formula is C16H18N2O3. The molecule has 5 nitrogen and oxygen atoms in total. The number of hydrogen-bond acceptors (Lipinski definition) is 3. The predicted molar refractivity (Wildman–Crippen MR) is 80.2 cm³/mol. The van der Waals surface area contributed by atoms with E-state index in [9.17, 15) is 9.59 Å². The molecule has 0 radical (unpaired) electrons. The van der Waals surface area contributed by atoms with Gasteiger partial charge in [0.15, 0.2) is 0 Å². The number of hydrogen-bond donors (Lipinski definition) is 1. The second kappa shape index (κ2) is 6.35. The van der Waals surface area contributed by atoms with Crippen molar-refractivity contribution >= 4 is 22.6 Å². The van der Waals surface area contributed by atoms with E-state index in [1.54, 1.807) is 6.20 Å². The third-order valence-corrected chi connectivity index (χ3v) is 3.59. The van der Waals surface area contributed by atoms with Crippen LogP contribution >= 0.6 is 0 Å². The van der Waals surface area contributed by atoms with Gasteiger partial charge in [0.2, 0.25) is 0 Å². The van der Waals surface area contributed by atoms with Gasteiger partial charge in [0.25, 0.3) is 5.91 Å². The van der Waals surface area contributed by atoms with Gasteiger partial charge in [-0.05, 0) is 18.7 Å². The topological polar surface area (TPSA) is 70.5 Å². The third-order valence-electron chi connectivity index (χ3n) is 3.59. The van der Waals surface area contributed by atoms with Gasteiger partial charge in [-0.2, -0.15) is 0 Å². The van der Waals surface area contributed by atoms with E-state index < -0.39 is 5.97 Å². The monoisotopic (exact) mass is 286 g/mol. The van der Waals surface area contributed by atoms with Crippen molar-refractivity contribution in [3.8, 4) is 0 Å². The number of carbonyl (C=O) groups excluding carboxylic acids is 1. The quantitative estimate of drug-likeness (QED) is 0.917. The summed E-state index contributed by atoms with van der Waals surface area (Å²) >= 11 is 0. The highest BCUT2D eigenvalue weighted by molar-refractivity contribution is 6.07. The van der Waals surface area contributed by atoms with Crippen LogP contribution in [0.1, 0.15) is 30.6 Å². The predicted octanol–water partition coefficient (Wildman–Crippen LogP) is 2.56. The molecular weight excluding hydrogens is 268 g/mol. The van der Waals surface area contributed by atoms with Crippen molar-refractivity contribution in [2.45, 2.75) is 26.3 Å². The number of rotatable bonds is 5.